The smallest absolute Gasteiger partial charge is 0.309 e. The van der Waals surface area contributed by atoms with Gasteiger partial charge < -0.3 is 15.2 Å². The second-order valence-electron chi connectivity index (χ2n) is 5.01. The lowest BCUT2D eigenvalue weighted by Gasteiger charge is -2.34. The van der Waals surface area contributed by atoms with E-state index in [1.807, 2.05) is 0 Å². The van der Waals surface area contributed by atoms with Gasteiger partial charge in [-0.05, 0) is 51.6 Å². The number of carboxylic acid groups (broad SMARTS) is 1. The highest BCUT2D eigenvalue weighted by molar-refractivity contribution is 5.74. The molecule has 2 N–H and O–H groups in total. The molecule has 0 saturated carbocycles. The Morgan fingerprint density at radius 3 is 2.75 bits per heavy atom. The predicted octanol–water partition coefficient (Wildman–Crippen LogP) is 1.40. The molecule has 0 aromatic carbocycles. The lowest BCUT2D eigenvalue weighted by molar-refractivity contribution is -0.151. The predicted molar refractivity (Wildman–Crippen MR) is 60.4 cm³/mol. The summed E-state index contributed by atoms with van der Waals surface area (Å²) in [6.45, 7) is 2.52. The highest BCUT2D eigenvalue weighted by Crippen LogP contribution is 2.36. The first-order valence-corrected chi connectivity index (χ1v) is 6.29. The van der Waals surface area contributed by atoms with Crippen LogP contribution >= 0.6 is 0 Å². The van der Waals surface area contributed by atoms with Gasteiger partial charge in [-0.3, -0.25) is 4.79 Å². The molecular weight excluding hydrogens is 206 g/mol. The molecule has 16 heavy (non-hydrogen) atoms. The fourth-order valence-electron chi connectivity index (χ4n) is 2.79. The molecule has 0 aromatic rings. The van der Waals surface area contributed by atoms with E-state index in [-0.39, 0.29) is 0 Å². The topological polar surface area (TPSA) is 58.6 Å². The second-order valence-corrected chi connectivity index (χ2v) is 5.01. The number of piperidine rings is 1. The summed E-state index contributed by atoms with van der Waals surface area (Å²) < 4.78 is 5.56. The zero-order valence-electron chi connectivity index (χ0n) is 9.71. The third kappa shape index (κ3) is 2.55. The van der Waals surface area contributed by atoms with E-state index in [0.29, 0.717) is 6.10 Å². The van der Waals surface area contributed by atoms with Crippen LogP contribution in [0.3, 0.4) is 0 Å². The van der Waals surface area contributed by atoms with Gasteiger partial charge in [0, 0.05) is 6.61 Å². The number of nitrogens with one attached hydrogen (secondary N) is 1. The first kappa shape index (κ1) is 11.9. The van der Waals surface area contributed by atoms with Gasteiger partial charge in [0.25, 0.3) is 0 Å². The largest absolute Gasteiger partial charge is 0.481 e. The summed E-state index contributed by atoms with van der Waals surface area (Å²) in [6.07, 6.45) is 5.75. The third-order valence-corrected chi connectivity index (χ3v) is 3.98. The summed E-state index contributed by atoms with van der Waals surface area (Å²) in [5.74, 6) is -0.619. The Labute approximate surface area is 96.4 Å². The molecule has 2 aliphatic heterocycles. The number of hydrogen-bond acceptors (Lipinski definition) is 3. The first-order valence-electron chi connectivity index (χ1n) is 6.29. The van der Waals surface area contributed by atoms with Gasteiger partial charge in [-0.1, -0.05) is 0 Å². The van der Waals surface area contributed by atoms with Crippen molar-refractivity contribution in [3.8, 4) is 0 Å². The molecule has 1 atom stereocenters. The molecule has 1 unspecified atom stereocenters. The van der Waals surface area contributed by atoms with Gasteiger partial charge in [-0.15, -0.1) is 0 Å². The summed E-state index contributed by atoms with van der Waals surface area (Å²) in [7, 11) is 0. The maximum Gasteiger partial charge on any atom is 0.309 e. The molecule has 4 nitrogen and oxygen atoms in total. The van der Waals surface area contributed by atoms with E-state index in [4.69, 9.17) is 4.74 Å². The van der Waals surface area contributed by atoms with Gasteiger partial charge in [0.1, 0.15) is 0 Å². The number of rotatable bonds is 4. The van der Waals surface area contributed by atoms with E-state index in [1.54, 1.807) is 0 Å². The Morgan fingerprint density at radius 1 is 1.44 bits per heavy atom. The summed E-state index contributed by atoms with van der Waals surface area (Å²) in [5, 5.41) is 12.6. The number of hydrogen-bond donors (Lipinski definition) is 2. The summed E-state index contributed by atoms with van der Waals surface area (Å²) in [5.41, 5.74) is -0.489. The minimum atomic E-state index is -0.619. The van der Waals surface area contributed by atoms with Crippen molar-refractivity contribution >= 4 is 5.97 Å². The van der Waals surface area contributed by atoms with Crippen molar-refractivity contribution in [3.05, 3.63) is 0 Å². The maximum absolute atomic E-state index is 11.4. The van der Waals surface area contributed by atoms with E-state index in [0.717, 1.165) is 58.2 Å². The Bertz CT molecular complexity index is 243. The van der Waals surface area contributed by atoms with E-state index in [2.05, 4.69) is 5.32 Å². The Morgan fingerprint density at radius 2 is 2.19 bits per heavy atom. The monoisotopic (exact) mass is 227 g/mol. The zero-order chi connectivity index (χ0) is 11.4. The molecule has 4 heteroatoms. The molecule has 2 rings (SSSR count). The SMILES string of the molecule is O=C(O)C1(CCC2CCCO2)CCNCC1. The van der Waals surface area contributed by atoms with Crippen LogP contribution in [-0.4, -0.2) is 36.9 Å². The molecule has 0 bridgehead atoms. The molecule has 0 radical (unpaired) electrons. The normalized spacial score (nSPS) is 29.1. The van der Waals surface area contributed by atoms with Crippen molar-refractivity contribution < 1.29 is 14.6 Å². The van der Waals surface area contributed by atoms with Gasteiger partial charge in [-0.25, -0.2) is 0 Å². The van der Waals surface area contributed by atoms with Gasteiger partial charge >= 0.3 is 5.97 Å². The van der Waals surface area contributed by atoms with Crippen molar-refractivity contribution in [3.63, 3.8) is 0 Å². The van der Waals surface area contributed by atoms with E-state index >= 15 is 0 Å². The van der Waals surface area contributed by atoms with Crippen LogP contribution in [0.4, 0.5) is 0 Å². The molecule has 2 aliphatic rings. The number of ether oxygens (including phenoxy) is 1. The highest BCUT2D eigenvalue weighted by Gasteiger charge is 2.39. The standard InChI is InChI=1S/C12H21NO3/c14-11(15)12(5-7-13-8-6-12)4-3-10-2-1-9-16-10/h10,13H,1-9H2,(H,14,15). The van der Waals surface area contributed by atoms with Gasteiger partial charge in [0.15, 0.2) is 0 Å². The van der Waals surface area contributed by atoms with Crippen LogP contribution in [0.5, 0.6) is 0 Å². The lowest BCUT2D eigenvalue weighted by Crippen LogP contribution is -2.42. The average molecular weight is 227 g/mol. The van der Waals surface area contributed by atoms with Crippen LogP contribution in [0.25, 0.3) is 0 Å². The van der Waals surface area contributed by atoms with Crippen molar-refractivity contribution in [1.29, 1.82) is 0 Å². The van der Waals surface area contributed by atoms with Gasteiger partial charge in [-0.2, -0.15) is 0 Å². The molecule has 92 valence electrons. The third-order valence-electron chi connectivity index (χ3n) is 3.98. The van der Waals surface area contributed by atoms with Crippen molar-refractivity contribution in [2.45, 2.75) is 44.6 Å². The summed E-state index contributed by atoms with van der Waals surface area (Å²) in [6, 6.07) is 0. The molecular formula is C12H21NO3. The van der Waals surface area contributed by atoms with E-state index < -0.39 is 11.4 Å². The quantitative estimate of drug-likeness (QED) is 0.762. The molecule has 0 amide bonds. The Hall–Kier alpha value is -0.610. The summed E-state index contributed by atoms with van der Waals surface area (Å²) in [4.78, 5) is 11.4. The first-order chi connectivity index (χ1) is 7.73. The van der Waals surface area contributed by atoms with Crippen molar-refractivity contribution in [2.75, 3.05) is 19.7 Å². The number of carboxylic acids is 1. The molecule has 0 aliphatic carbocycles. The van der Waals surface area contributed by atoms with Gasteiger partial charge in [0.05, 0.1) is 11.5 Å². The van der Waals surface area contributed by atoms with Crippen LogP contribution in [0, 0.1) is 5.41 Å². The van der Waals surface area contributed by atoms with Crippen LogP contribution < -0.4 is 5.32 Å². The lowest BCUT2D eigenvalue weighted by atomic mass is 9.75. The zero-order valence-corrected chi connectivity index (χ0v) is 9.71. The van der Waals surface area contributed by atoms with Crippen molar-refractivity contribution in [2.24, 2.45) is 5.41 Å². The molecule has 2 saturated heterocycles. The molecule has 2 fully saturated rings. The fourth-order valence-corrected chi connectivity index (χ4v) is 2.79. The molecule has 0 spiro atoms. The highest BCUT2D eigenvalue weighted by atomic mass is 16.5. The number of aliphatic carboxylic acids is 1. The average Bonchev–Trinajstić information content (AvgIpc) is 2.80. The van der Waals surface area contributed by atoms with Crippen molar-refractivity contribution in [1.82, 2.24) is 5.32 Å². The van der Waals surface area contributed by atoms with Crippen LogP contribution in [-0.2, 0) is 9.53 Å². The molecule has 2 heterocycles. The number of carbonyl (C=O) groups is 1. The Kier molecular flexibility index (Phi) is 3.82. The van der Waals surface area contributed by atoms with Crippen LogP contribution in [0.1, 0.15) is 38.5 Å². The fraction of sp³-hybridized carbons (Fsp3) is 0.917. The molecule has 0 aromatic heterocycles. The van der Waals surface area contributed by atoms with E-state index in [1.165, 1.54) is 0 Å². The second kappa shape index (κ2) is 5.15. The minimum Gasteiger partial charge on any atom is -0.481 e. The maximum atomic E-state index is 11.4. The van der Waals surface area contributed by atoms with Crippen LogP contribution in [0.2, 0.25) is 0 Å². The van der Waals surface area contributed by atoms with Gasteiger partial charge in [0.2, 0.25) is 0 Å². The summed E-state index contributed by atoms with van der Waals surface area (Å²) >= 11 is 0. The van der Waals surface area contributed by atoms with Crippen LogP contribution in [0.15, 0.2) is 0 Å². The Balaban J connectivity index is 1.88. The van der Waals surface area contributed by atoms with E-state index in [9.17, 15) is 9.90 Å². The minimum absolute atomic E-state index is 0.311.